The number of carbonyl (C=O) groups is 1. The SMILES string of the molecule is COC1CCN(Cc2ccc(-c3cc(C(=O)O)nc4c3c(OC(C)C)nn4C3CCCCC3)cc2)CC1. The van der Waals surface area contributed by atoms with Crippen molar-refractivity contribution in [1.29, 1.82) is 0 Å². The predicted molar refractivity (Wildman–Crippen MR) is 143 cm³/mol. The Bertz CT molecular complexity index is 1220. The average Bonchev–Trinajstić information content (AvgIpc) is 3.27. The molecule has 0 bridgehead atoms. The molecule has 8 heteroatoms. The molecule has 3 aromatic rings. The summed E-state index contributed by atoms with van der Waals surface area (Å²) in [7, 11) is 1.79. The smallest absolute Gasteiger partial charge is 0.354 e. The molecule has 0 spiro atoms. The fourth-order valence-electron chi connectivity index (χ4n) is 5.68. The second-order valence-corrected chi connectivity index (χ2v) is 10.7. The van der Waals surface area contributed by atoms with Gasteiger partial charge in [0.15, 0.2) is 11.3 Å². The molecule has 1 saturated carbocycles. The van der Waals surface area contributed by atoms with Crippen molar-refractivity contribution >= 4 is 17.0 Å². The number of benzene rings is 1. The third-order valence-electron chi connectivity index (χ3n) is 7.66. The van der Waals surface area contributed by atoms with Crippen LogP contribution in [-0.4, -0.2) is 63.1 Å². The van der Waals surface area contributed by atoms with Gasteiger partial charge in [-0.3, -0.25) is 4.90 Å². The molecule has 1 saturated heterocycles. The number of piperidine rings is 1. The fourth-order valence-corrected chi connectivity index (χ4v) is 5.68. The van der Waals surface area contributed by atoms with Gasteiger partial charge in [0, 0.05) is 32.3 Å². The first-order valence-electron chi connectivity index (χ1n) is 13.6. The lowest BCUT2D eigenvalue weighted by Gasteiger charge is -2.31. The van der Waals surface area contributed by atoms with Gasteiger partial charge in [-0.25, -0.2) is 14.5 Å². The first kappa shape index (κ1) is 25.7. The van der Waals surface area contributed by atoms with Crippen molar-refractivity contribution in [3.8, 4) is 17.0 Å². The Labute approximate surface area is 218 Å². The van der Waals surface area contributed by atoms with Crippen LogP contribution in [0.15, 0.2) is 30.3 Å². The van der Waals surface area contributed by atoms with Gasteiger partial charge < -0.3 is 14.6 Å². The van der Waals surface area contributed by atoms with Crippen LogP contribution in [0.4, 0.5) is 0 Å². The van der Waals surface area contributed by atoms with Crippen LogP contribution >= 0.6 is 0 Å². The molecule has 0 radical (unpaired) electrons. The third kappa shape index (κ3) is 5.65. The molecule has 0 unspecified atom stereocenters. The standard InChI is InChI=1S/C29H38N4O4/c1-19(2)37-28-26-24(21-11-9-20(10-12-21)18-32-15-13-23(36-3)14-16-32)17-25(29(34)35)30-27(26)33(31-28)22-7-5-4-6-8-22/h9-12,17,19,22-23H,4-8,13-16,18H2,1-3H3,(H,34,35). The van der Waals surface area contributed by atoms with E-state index < -0.39 is 5.97 Å². The lowest BCUT2D eigenvalue weighted by atomic mass is 9.95. The van der Waals surface area contributed by atoms with E-state index in [0.29, 0.717) is 17.6 Å². The zero-order valence-electron chi connectivity index (χ0n) is 22.2. The van der Waals surface area contributed by atoms with Crippen LogP contribution in [0.2, 0.25) is 0 Å². The predicted octanol–water partition coefficient (Wildman–Crippen LogP) is 5.70. The molecule has 1 aliphatic heterocycles. The Hall–Kier alpha value is -2.97. The monoisotopic (exact) mass is 506 g/mol. The largest absolute Gasteiger partial charge is 0.477 e. The molecule has 198 valence electrons. The summed E-state index contributed by atoms with van der Waals surface area (Å²) < 4.78 is 13.6. The second-order valence-electron chi connectivity index (χ2n) is 10.7. The van der Waals surface area contributed by atoms with Crippen LogP contribution in [0.1, 0.15) is 80.9 Å². The number of carboxylic acid groups (broad SMARTS) is 1. The van der Waals surface area contributed by atoms with E-state index in [1.165, 1.54) is 12.0 Å². The van der Waals surface area contributed by atoms with Crippen LogP contribution in [0.5, 0.6) is 5.88 Å². The number of carboxylic acids is 1. The van der Waals surface area contributed by atoms with E-state index in [1.54, 1.807) is 13.2 Å². The molecular formula is C29H38N4O4. The summed E-state index contributed by atoms with van der Waals surface area (Å²) in [5.41, 5.74) is 3.60. The highest BCUT2D eigenvalue weighted by atomic mass is 16.5. The van der Waals surface area contributed by atoms with Crippen LogP contribution < -0.4 is 4.74 Å². The van der Waals surface area contributed by atoms with E-state index in [2.05, 4.69) is 34.1 Å². The van der Waals surface area contributed by atoms with Gasteiger partial charge in [0.25, 0.3) is 0 Å². The first-order chi connectivity index (χ1) is 17.9. The van der Waals surface area contributed by atoms with Crippen molar-refractivity contribution in [2.45, 2.75) is 83.6 Å². The van der Waals surface area contributed by atoms with Gasteiger partial charge in [-0.1, -0.05) is 43.5 Å². The number of hydrogen-bond acceptors (Lipinski definition) is 6. The molecule has 8 nitrogen and oxygen atoms in total. The molecule has 0 amide bonds. The molecule has 1 aliphatic carbocycles. The topological polar surface area (TPSA) is 89.7 Å². The molecule has 2 fully saturated rings. The summed E-state index contributed by atoms with van der Waals surface area (Å²) in [5, 5.41) is 15.6. The first-order valence-corrected chi connectivity index (χ1v) is 13.6. The Balaban J connectivity index is 1.52. The number of fused-ring (bicyclic) bond motifs is 1. The van der Waals surface area contributed by atoms with Gasteiger partial charge in [-0.2, -0.15) is 0 Å². The maximum atomic E-state index is 12.1. The molecule has 2 aliphatic rings. The molecular weight excluding hydrogens is 468 g/mol. The van der Waals surface area contributed by atoms with Crippen molar-refractivity contribution in [2.75, 3.05) is 20.2 Å². The summed E-state index contributed by atoms with van der Waals surface area (Å²) in [5.74, 6) is -0.512. The number of hydrogen-bond donors (Lipinski definition) is 1. The summed E-state index contributed by atoms with van der Waals surface area (Å²) in [6.45, 7) is 6.92. The van der Waals surface area contributed by atoms with E-state index in [1.807, 2.05) is 18.5 Å². The van der Waals surface area contributed by atoms with Gasteiger partial charge in [0.2, 0.25) is 5.88 Å². The van der Waals surface area contributed by atoms with Crippen LogP contribution in [-0.2, 0) is 11.3 Å². The molecule has 37 heavy (non-hydrogen) atoms. The van der Waals surface area contributed by atoms with E-state index in [4.69, 9.17) is 14.6 Å². The van der Waals surface area contributed by atoms with E-state index >= 15 is 0 Å². The summed E-state index contributed by atoms with van der Waals surface area (Å²) in [4.78, 5) is 19.1. The normalized spacial score (nSPS) is 18.1. The zero-order chi connectivity index (χ0) is 25.9. The molecule has 3 heterocycles. The number of aromatic nitrogens is 3. The van der Waals surface area contributed by atoms with E-state index in [0.717, 1.165) is 74.7 Å². The number of rotatable bonds is 8. The molecule has 5 rings (SSSR count). The Morgan fingerprint density at radius 3 is 2.41 bits per heavy atom. The molecule has 2 aromatic heterocycles. The second kappa shape index (κ2) is 11.2. The minimum atomic E-state index is -1.04. The molecule has 0 atom stereocenters. The van der Waals surface area contributed by atoms with Crippen molar-refractivity contribution in [2.24, 2.45) is 0 Å². The van der Waals surface area contributed by atoms with Gasteiger partial charge in [-0.15, -0.1) is 5.10 Å². The lowest BCUT2D eigenvalue weighted by Crippen LogP contribution is -2.36. The van der Waals surface area contributed by atoms with E-state index in [9.17, 15) is 9.90 Å². The molecule has 1 N–H and O–H groups in total. The maximum Gasteiger partial charge on any atom is 0.354 e. The number of likely N-dealkylation sites (tertiary alicyclic amines) is 1. The van der Waals surface area contributed by atoms with Crippen molar-refractivity contribution in [3.63, 3.8) is 0 Å². The fraction of sp³-hybridized carbons (Fsp3) is 0.552. The summed E-state index contributed by atoms with van der Waals surface area (Å²) >= 11 is 0. The third-order valence-corrected chi connectivity index (χ3v) is 7.66. The maximum absolute atomic E-state index is 12.1. The van der Waals surface area contributed by atoms with Gasteiger partial charge >= 0.3 is 5.97 Å². The quantitative estimate of drug-likeness (QED) is 0.419. The van der Waals surface area contributed by atoms with Crippen molar-refractivity contribution in [3.05, 3.63) is 41.6 Å². The summed E-state index contributed by atoms with van der Waals surface area (Å²) in [6.07, 6.45) is 7.97. The highest BCUT2D eigenvalue weighted by molar-refractivity contribution is 6.01. The highest BCUT2D eigenvalue weighted by Crippen LogP contribution is 2.39. The highest BCUT2D eigenvalue weighted by Gasteiger charge is 2.27. The lowest BCUT2D eigenvalue weighted by molar-refractivity contribution is 0.0388. The Morgan fingerprint density at radius 1 is 1.08 bits per heavy atom. The van der Waals surface area contributed by atoms with E-state index in [-0.39, 0.29) is 17.8 Å². The number of aromatic carboxylic acids is 1. The van der Waals surface area contributed by atoms with Gasteiger partial charge in [0.05, 0.1) is 23.6 Å². The number of methoxy groups -OCH3 is 1. The van der Waals surface area contributed by atoms with Crippen LogP contribution in [0.3, 0.4) is 0 Å². The molecule has 1 aromatic carbocycles. The van der Waals surface area contributed by atoms with Crippen molar-refractivity contribution < 1.29 is 19.4 Å². The number of nitrogens with zero attached hydrogens (tertiary/aromatic N) is 4. The Morgan fingerprint density at radius 2 is 1.78 bits per heavy atom. The number of ether oxygens (including phenoxy) is 2. The Kier molecular flexibility index (Phi) is 7.76. The minimum absolute atomic E-state index is 0.0284. The average molecular weight is 507 g/mol. The van der Waals surface area contributed by atoms with Gasteiger partial charge in [-0.05, 0) is 56.7 Å². The minimum Gasteiger partial charge on any atom is -0.477 e. The zero-order valence-corrected chi connectivity index (χ0v) is 22.2. The van der Waals surface area contributed by atoms with Crippen LogP contribution in [0, 0.1) is 0 Å². The van der Waals surface area contributed by atoms with Crippen molar-refractivity contribution in [1.82, 2.24) is 19.7 Å². The number of pyridine rings is 1. The van der Waals surface area contributed by atoms with Crippen LogP contribution in [0.25, 0.3) is 22.2 Å². The van der Waals surface area contributed by atoms with Gasteiger partial charge in [0.1, 0.15) is 0 Å². The summed E-state index contributed by atoms with van der Waals surface area (Å²) in [6, 6.07) is 10.3.